The summed E-state index contributed by atoms with van der Waals surface area (Å²) in [6.45, 7) is 13.8. The first-order valence-electron chi connectivity index (χ1n) is 6.81. The summed E-state index contributed by atoms with van der Waals surface area (Å²) in [5.74, 6) is 0.669. The zero-order chi connectivity index (χ0) is 13.5. The van der Waals surface area contributed by atoms with Crippen LogP contribution in [0.4, 0.5) is 4.79 Å². The maximum Gasteiger partial charge on any atom is 0.410 e. The average molecular weight is 243 g/mol. The highest BCUT2D eigenvalue weighted by atomic mass is 16.6. The van der Waals surface area contributed by atoms with Gasteiger partial charge in [-0.1, -0.05) is 33.6 Å². The quantitative estimate of drug-likeness (QED) is 0.694. The Kier molecular flexibility index (Phi) is 7.24. The van der Waals surface area contributed by atoms with Gasteiger partial charge in [-0.25, -0.2) is 4.79 Å². The largest absolute Gasteiger partial charge is 0.444 e. The molecule has 1 saturated heterocycles. The number of nitrogens with zero attached hydrogens (tertiary/aromatic N) is 1. The second-order valence-electron chi connectivity index (χ2n) is 5.70. The molecular formula is C14H29NO2. The molecule has 3 heteroatoms. The van der Waals surface area contributed by atoms with Crippen molar-refractivity contribution in [1.29, 1.82) is 0 Å². The Bertz CT molecular complexity index is 221. The lowest BCUT2D eigenvalue weighted by Crippen LogP contribution is -2.35. The van der Waals surface area contributed by atoms with Gasteiger partial charge in [0.1, 0.15) is 5.60 Å². The van der Waals surface area contributed by atoms with E-state index in [1.54, 1.807) is 0 Å². The highest BCUT2D eigenvalue weighted by Crippen LogP contribution is 2.21. The molecule has 0 bridgehead atoms. The molecule has 1 rings (SSSR count). The topological polar surface area (TPSA) is 29.5 Å². The molecule has 0 aliphatic carbocycles. The van der Waals surface area contributed by atoms with Crippen LogP contribution in [0.3, 0.4) is 0 Å². The predicted molar refractivity (Wildman–Crippen MR) is 72.2 cm³/mol. The lowest BCUT2D eigenvalue weighted by atomic mass is 10.1. The summed E-state index contributed by atoms with van der Waals surface area (Å²) in [6.07, 6.45) is 3.36. The van der Waals surface area contributed by atoms with E-state index in [-0.39, 0.29) is 11.7 Å². The number of hydrogen-bond acceptors (Lipinski definition) is 2. The third-order valence-electron chi connectivity index (χ3n) is 2.51. The molecule has 1 amide bonds. The van der Waals surface area contributed by atoms with Crippen molar-refractivity contribution in [2.24, 2.45) is 5.92 Å². The van der Waals surface area contributed by atoms with E-state index in [1.165, 1.54) is 6.42 Å². The molecule has 0 unspecified atom stereocenters. The van der Waals surface area contributed by atoms with Gasteiger partial charge in [-0.2, -0.15) is 0 Å². The Morgan fingerprint density at radius 3 is 2.18 bits per heavy atom. The standard InChI is InChI=1S/C11H21NO2.C3H8/c1-5-9-6-7-12(8-9)10(13)14-11(2,3)4;1-3-2/h9H,5-8H2,1-4H3;3H2,1-2H3/t9-;/m1./s1. The molecule has 1 aliphatic heterocycles. The van der Waals surface area contributed by atoms with Crippen LogP contribution in [0.1, 0.15) is 60.8 Å². The number of likely N-dealkylation sites (tertiary alicyclic amines) is 1. The van der Waals surface area contributed by atoms with Gasteiger partial charge < -0.3 is 9.64 Å². The van der Waals surface area contributed by atoms with E-state index >= 15 is 0 Å². The highest BCUT2D eigenvalue weighted by Gasteiger charge is 2.28. The van der Waals surface area contributed by atoms with Gasteiger partial charge in [0.15, 0.2) is 0 Å². The maximum atomic E-state index is 11.6. The van der Waals surface area contributed by atoms with Crippen molar-refractivity contribution in [2.45, 2.75) is 66.4 Å². The summed E-state index contributed by atoms with van der Waals surface area (Å²) in [5, 5.41) is 0. The van der Waals surface area contributed by atoms with Gasteiger partial charge in [-0.15, -0.1) is 0 Å². The summed E-state index contributed by atoms with van der Waals surface area (Å²) < 4.78 is 5.30. The fraction of sp³-hybridized carbons (Fsp3) is 0.929. The van der Waals surface area contributed by atoms with Crippen molar-refractivity contribution >= 4 is 6.09 Å². The number of hydrogen-bond donors (Lipinski definition) is 0. The molecule has 1 aliphatic rings. The first kappa shape index (κ1) is 16.3. The highest BCUT2D eigenvalue weighted by molar-refractivity contribution is 5.68. The Labute approximate surface area is 107 Å². The van der Waals surface area contributed by atoms with Gasteiger partial charge in [0, 0.05) is 13.1 Å². The van der Waals surface area contributed by atoms with Crippen LogP contribution in [-0.2, 0) is 4.74 Å². The van der Waals surface area contributed by atoms with Crippen molar-refractivity contribution in [3.8, 4) is 0 Å². The first-order chi connectivity index (χ1) is 7.84. The second-order valence-corrected chi connectivity index (χ2v) is 5.70. The molecule has 1 heterocycles. The SMILES string of the molecule is CCC.CC[C@@H]1CCN(C(=O)OC(C)(C)C)C1. The zero-order valence-corrected chi connectivity index (χ0v) is 12.4. The molecule has 3 nitrogen and oxygen atoms in total. The van der Waals surface area contributed by atoms with Crippen LogP contribution in [-0.4, -0.2) is 29.7 Å². The fourth-order valence-corrected chi connectivity index (χ4v) is 1.66. The lowest BCUT2D eigenvalue weighted by Gasteiger charge is -2.24. The van der Waals surface area contributed by atoms with Crippen LogP contribution in [0.2, 0.25) is 0 Å². The molecule has 102 valence electrons. The normalized spacial score (nSPS) is 19.6. The van der Waals surface area contributed by atoms with Gasteiger partial charge in [0.2, 0.25) is 0 Å². The number of ether oxygens (including phenoxy) is 1. The van der Waals surface area contributed by atoms with Gasteiger partial charge >= 0.3 is 6.09 Å². The third kappa shape index (κ3) is 7.24. The maximum absolute atomic E-state index is 11.6. The Hall–Kier alpha value is -0.730. The zero-order valence-electron chi connectivity index (χ0n) is 12.4. The minimum atomic E-state index is -0.374. The first-order valence-corrected chi connectivity index (χ1v) is 6.81. The van der Waals surface area contributed by atoms with Crippen molar-refractivity contribution in [1.82, 2.24) is 4.90 Å². The van der Waals surface area contributed by atoms with Gasteiger partial charge in [0.25, 0.3) is 0 Å². The molecule has 0 spiro atoms. The van der Waals surface area contributed by atoms with E-state index in [4.69, 9.17) is 4.74 Å². The average Bonchev–Trinajstić information content (AvgIpc) is 2.64. The molecule has 0 N–H and O–H groups in total. The van der Waals surface area contributed by atoms with Crippen LogP contribution >= 0.6 is 0 Å². The van der Waals surface area contributed by atoms with Crippen LogP contribution in [0.15, 0.2) is 0 Å². The van der Waals surface area contributed by atoms with Crippen molar-refractivity contribution in [3.63, 3.8) is 0 Å². The number of carbonyl (C=O) groups is 1. The molecule has 1 atom stereocenters. The van der Waals surface area contributed by atoms with Crippen molar-refractivity contribution in [2.75, 3.05) is 13.1 Å². The second kappa shape index (κ2) is 7.57. The fourth-order valence-electron chi connectivity index (χ4n) is 1.66. The Morgan fingerprint density at radius 2 is 1.82 bits per heavy atom. The van der Waals surface area contributed by atoms with E-state index in [1.807, 2.05) is 25.7 Å². The third-order valence-corrected chi connectivity index (χ3v) is 2.51. The van der Waals surface area contributed by atoms with Crippen LogP contribution < -0.4 is 0 Å². The molecular weight excluding hydrogens is 214 g/mol. The summed E-state index contributed by atoms with van der Waals surface area (Å²) >= 11 is 0. The van der Waals surface area contributed by atoms with Gasteiger partial charge in [-0.05, 0) is 33.1 Å². The summed E-state index contributed by atoms with van der Waals surface area (Å²) in [4.78, 5) is 13.4. The van der Waals surface area contributed by atoms with Gasteiger partial charge in [0.05, 0.1) is 0 Å². The van der Waals surface area contributed by atoms with E-state index in [9.17, 15) is 4.79 Å². The molecule has 0 aromatic carbocycles. The number of amides is 1. The van der Waals surface area contributed by atoms with Gasteiger partial charge in [-0.3, -0.25) is 0 Å². The van der Waals surface area contributed by atoms with E-state index in [0.29, 0.717) is 5.92 Å². The molecule has 0 radical (unpaired) electrons. The summed E-state index contributed by atoms with van der Waals surface area (Å²) in [5.41, 5.74) is -0.374. The monoisotopic (exact) mass is 243 g/mol. The van der Waals surface area contributed by atoms with Crippen molar-refractivity contribution < 1.29 is 9.53 Å². The minimum Gasteiger partial charge on any atom is -0.444 e. The molecule has 0 aromatic heterocycles. The Balaban J connectivity index is 0.000000770. The lowest BCUT2D eigenvalue weighted by molar-refractivity contribution is 0.0288. The number of rotatable bonds is 1. The molecule has 1 fully saturated rings. The summed E-state index contributed by atoms with van der Waals surface area (Å²) in [7, 11) is 0. The van der Waals surface area contributed by atoms with Crippen LogP contribution in [0.25, 0.3) is 0 Å². The van der Waals surface area contributed by atoms with Crippen LogP contribution in [0.5, 0.6) is 0 Å². The minimum absolute atomic E-state index is 0.159. The number of carbonyl (C=O) groups excluding carboxylic acids is 1. The molecule has 0 saturated carbocycles. The van der Waals surface area contributed by atoms with Crippen molar-refractivity contribution in [3.05, 3.63) is 0 Å². The molecule has 0 aromatic rings. The Morgan fingerprint density at radius 1 is 1.29 bits per heavy atom. The summed E-state index contributed by atoms with van der Waals surface area (Å²) in [6, 6.07) is 0. The van der Waals surface area contributed by atoms with E-state index < -0.39 is 0 Å². The van der Waals surface area contributed by atoms with E-state index in [2.05, 4.69) is 20.8 Å². The van der Waals surface area contributed by atoms with E-state index in [0.717, 1.165) is 25.9 Å². The predicted octanol–water partition coefficient (Wildman–Crippen LogP) is 4.07. The van der Waals surface area contributed by atoms with Crippen LogP contribution in [0, 0.1) is 5.92 Å². The molecule has 17 heavy (non-hydrogen) atoms. The smallest absolute Gasteiger partial charge is 0.410 e.